The molecule has 0 aliphatic heterocycles. The van der Waals surface area contributed by atoms with Crippen molar-refractivity contribution < 1.29 is 27.6 Å². The first-order valence-corrected chi connectivity index (χ1v) is 20.1. The van der Waals surface area contributed by atoms with Crippen molar-refractivity contribution in [3.63, 3.8) is 0 Å². The van der Waals surface area contributed by atoms with Gasteiger partial charge < -0.3 is 19.9 Å². The Hall–Kier alpha value is -7.69. The number of phenols is 1. The number of azo groups is 4. The highest BCUT2D eigenvalue weighted by molar-refractivity contribution is 7.86. The van der Waals surface area contributed by atoms with Crippen LogP contribution >= 0.6 is 0 Å². The fourth-order valence-corrected chi connectivity index (χ4v) is 6.76. The first-order chi connectivity index (χ1) is 29.4. The van der Waals surface area contributed by atoms with E-state index in [4.69, 9.17) is 9.47 Å². The summed E-state index contributed by atoms with van der Waals surface area (Å²) in [5.41, 5.74) is 7.79. The molecule has 0 amide bonds. The van der Waals surface area contributed by atoms with Gasteiger partial charge in [-0.3, -0.25) is 4.55 Å². The van der Waals surface area contributed by atoms with Crippen LogP contribution in [0.1, 0.15) is 16.7 Å². The van der Waals surface area contributed by atoms with Gasteiger partial charge in [-0.25, -0.2) is 0 Å². The minimum atomic E-state index is -4.45. The van der Waals surface area contributed by atoms with Crippen molar-refractivity contribution in [3.8, 4) is 17.2 Å². The molecule has 7 rings (SSSR count). The standard InChI is InChI=1S/C45H39N9O6S/c1-27-22-34(14-20-37(27)49-47-33-15-21-38(28(2)23-33)50-51-39-8-6-7-9-44(39)61(56,57)58)48-53-41-26-43(60-5)42(24-29(41)3)54-52-40-19-10-30-25-32(13-18-36(30)45(40)55)46-31-11-16-35(59-4)17-12-31/h6-26,46,55H,1-5H3,(H,56,57,58). The molecule has 7 aromatic rings. The van der Waals surface area contributed by atoms with Crippen molar-refractivity contribution in [2.24, 2.45) is 40.9 Å². The van der Waals surface area contributed by atoms with Gasteiger partial charge in [0.05, 0.1) is 42.7 Å². The van der Waals surface area contributed by atoms with Crippen LogP contribution in [0.3, 0.4) is 0 Å². The number of anilines is 2. The van der Waals surface area contributed by atoms with Crippen molar-refractivity contribution >= 4 is 77.8 Å². The third-order valence-electron chi connectivity index (χ3n) is 9.43. The van der Waals surface area contributed by atoms with Gasteiger partial charge in [0.1, 0.15) is 33.5 Å². The zero-order valence-electron chi connectivity index (χ0n) is 33.6. The van der Waals surface area contributed by atoms with Crippen molar-refractivity contribution in [2.45, 2.75) is 25.7 Å². The van der Waals surface area contributed by atoms with Crippen LogP contribution in [-0.2, 0) is 10.1 Å². The first kappa shape index (κ1) is 41.5. The van der Waals surface area contributed by atoms with Crippen LogP contribution in [-0.4, -0.2) is 32.3 Å². The van der Waals surface area contributed by atoms with Crippen molar-refractivity contribution in [1.29, 1.82) is 0 Å². The Kier molecular flexibility index (Phi) is 12.3. The minimum absolute atomic E-state index is 0.0102. The van der Waals surface area contributed by atoms with Crippen LogP contribution in [0, 0.1) is 20.8 Å². The Labute approximate surface area is 351 Å². The van der Waals surface area contributed by atoms with E-state index in [1.165, 1.54) is 25.3 Å². The van der Waals surface area contributed by atoms with Gasteiger partial charge in [0.15, 0.2) is 5.75 Å². The number of aryl methyl sites for hydroxylation is 3. The summed E-state index contributed by atoms with van der Waals surface area (Å²) in [6.07, 6.45) is 0. The molecule has 0 unspecified atom stereocenters. The number of nitrogens with zero attached hydrogens (tertiary/aromatic N) is 8. The fourth-order valence-electron chi connectivity index (χ4n) is 6.14. The molecule has 0 radical (unpaired) electrons. The third-order valence-corrected chi connectivity index (χ3v) is 10.3. The van der Waals surface area contributed by atoms with Crippen LogP contribution in [0.25, 0.3) is 10.8 Å². The van der Waals surface area contributed by atoms with E-state index >= 15 is 0 Å². The Morgan fingerprint density at radius 3 is 1.70 bits per heavy atom. The van der Waals surface area contributed by atoms with Crippen LogP contribution in [0.2, 0.25) is 0 Å². The average molecular weight is 834 g/mol. The number of aromatic hydroxyl groups is 1. The third kappa shape index (κ3) is 9.96. The second-order valence-electron chi connectivity index (χ2n) is 13.7. The van der Waals surface area contributed by atoms with E-state index in [0.29, 0.717) is 50.9 Å². The van der Waals surface area contributed by atoms with E-state index in [-0.39, 0.29) is 16.3 Å². The summed E-state index contributed by atoms with van der Waals surface area (Å²) in [5, 5.41) is 50.6. The monoisotopic (exact) mass is 833 g/mol. The topological polar surface area (TPSA) is 204 Å². The molecule has 0 heterocycles. The highest BCUT2D eigenvalue weighted by Gasteiger charge is 2.15. The van der Waals surface area contributed by atoms with E-state index in [9.17, 15) is 18.1 Å². The summed E-state index contributed by atoms with van der Waals surface area (Å²) in [4.78, 5) is -0.329. The molecule has 0 saturated heterocycles. The zero-order chi connectivity index (χ0) is 43.1. The molecule has 15 nitrogen and oxygen atoms in total. The molecular weight excluding hydrogens is 795 g/mol. The lowest BCUT2D eigenvalue weighted by Gasteiger charge is -2.10. The second kappa shape index (κ2) is 18.1. The molecule has 306 valence electrons. The number of nitrogens with one attached hydrogen (secondary N) is 1. The molecule has 0 saturated carbocycles. The van der Waals surface area contributed by atoms with E-state index < -0.39 is 10.1 Å². The second-order valence-corrected chi connectivity index (χ2v) is 15.1. The van der Waals surface area contributed by atoms with Gasteiger partial charge in [-0.1, -0.05) is 18.2 Å². The van der Waals surface area contributed by atoms with E-state index in [2.05, 4.69) is 46.2 Å². The van der Waals surface area contributed by atoms with Gasteiger partial charge in [-0.05, 0) is 146 Å². The van der Waals surface area contributed by atoms with E-state index in [1.54, 1.807) is 61.7 Å². The van der Waals surface area contributed by atoms with Crippen LogP contribution < -0.4 is 14.8 Å². The number of rotatable bonds is 13. The van der Waals surface area contributed by atoms with Crippen LogP contribution in [0.4, 0.5) is 56.9 Å². The number of phenolic OH excluding ortho intramolecular Hbond substituents is 1. The summed E-state index contributed by atoms with van der Waals surface area (Å²) in [5.74, 6) is 1.21. The van der Waals surface area contributed by atoms with Crippen molar-refractivity contribution in [1.82, 2.24) is 0 Å². The summed E-state index contributed by atoms with van der Waals surface area (Å²) < 4.78 is 43.7. The molecule has 0 aromatic heterocycles. The molecule has 0 spiro atoms. The summed E-state index contributed by atoms with van der Waals surface area (Å²) in [6.45, 7) is 5.60. The Morgan fingerprint density at radius 1 is 0.508 bits per heavy atom. The van der Waals surface area contributed by atoms with Gasteiger partial charge in [0, 0.05) is 22.8 Å². The molecule has 61 heavy (non-hydrogen) atoms. The number of methoxy groups -OCH3 is 2. The van der Waals surface area contributed by atoms with Crippen molar-refractivity contribution in [3.05, 3.63) is 144 Å². The molecule has 7 aromatic carbocycles. The molecule has 0 aliphatic rings. The highest BCUT2D eigenvalue weighted by Crippen LogP contribution is 2.40. The number of ether oxygens (including phenoxy) is 2. The fraction of sp³-hybridized carbons (Fsp3) is 0.111. The van der Waals surface area contributed by atoms with Gasteiger partial charge >= 0.3 is 0 Å². The number of fused-ring (bicyclic) bond motifs is 1. The lowest BCUT2D eigenvalue weighted by Crippen LogP contribution is -1.97. The van der Waals surface area contributed by atoms with Gasteiger partial charge in [0.25, 0.3) is 10.1 Å². The predicted molar refractivity (Wildman–Crippen MR) is 235 cm³/mol. The summed E-state index contributed by atoms with van der Waals surface area (Å²) in [6, 6.07) is 36.8. The first-order valence-electron chi connectivity index (χ1n) is 18.7. The molecule has 0 fully saturated rings. The smallest absolute Gasteiger partial charge is 0.296 e. The molecule has 0 bridgehead atoms. The van der Waals surface area contributed by atoms with Gasteiger partial charge in [0.2, 0.25) is 0 Å². The molecule has 16 heteroatoms. The lowest BCUT2D eigenvalue weighted by molar-refractivity contribution is 0.415. The summed E-state index contributed by atoms with van der Waals surface area (Å²) in [7, 11) is -1.29. The molecule has 3 N–H and O–H groups in total. The SMILES string of the molecule is COc1ccc(Nc2ccc3c(O)c(N=Nc4cc(C)c(N=Nc5ccc(N=Nc6ccc(N=Nc7ccccc7S(=O)(=O)O)c(C)c6)c(C)c5)cc4OC)ccc3c2)cc1. The summed E-state index contributed by atoms with van der Waals surface area (Å²) >= 11 is 0. The minimum Gasteiger partial charge on any atom is -0.505 e. The van der Waals surface area contributed by atoms with Gasteiger partial charge in [-0.15, -0.1) is 15.3 Å². The Morgan fingerprint density at radius 2 is 1.07 bits per heavy atom. The van der Waals surface area contributed by atoms with E-state index in [1.807, 2.05) is 75.4 Å². The normalized spacial score (nSPS) is 12.0. The van der Waals surface area contributed by atoms with Gasteiger partial charge in [-0.2, -0.15) is 34.0 Å². The highest BCUT2D eigenvalue weighted by atomic mass is 32.2. The largest absolute Gasteiger partial charge is 0.505 e. The van der Waals surface area contributed by atoms with Crippen molar-refractivity contribution in [2.75, 3.05) is 19.5 Å². The Balaban J connectivity index is 1.01. The number of hydrogen-bond donors (Lipinski definition) is 3. The molecule has 0 atom stereocenters. The molecule has 0 aliphatic carbocycles. The van der Waals surface area contributed by atoms with Crippen LogP contribution in [0.15, 0.2) is 173 Å². The lowest BCUT2D eigenvalue weighted by atomic mass is 10.1. The predicted octanol–water partition coefficient (Wildman–Crippen LogP) is 14.1. The van der Waals surface area contributed by atoms with Crippen LogP contribution in [0.5, 0.6) is 17.2 Å². The molecular formula is C45H39N9O6S. The zero-order valence-corrected chi connectivity index (χ0v) is 34.5. The van der Waals surface area contributed by atoms with E-state index in [0.717, 1.165) is 39.2 Å². The maximum atomic E-state index is 11.7. The average Bonchev–Trinajstić information content (AvgIpc) is 3.25. The Bertz CT molecular complexity index is 3010. The quantitative estimate of drug-likeness (QED) is 0.0756. The number of benzene rings is 7. The maximum absolute atomic E-state index is 11.7. The number of hydrogen-bond acceptors (Lipinski definition) is 14. The maximum Gasteiger partial charge on any atom is 0.296 e.